The van der Waals surface area contributed by atoms with Gasteiger partial charge in [0.15, 0.2) is 0 Å². The van der Waals surface area contributed by atoms with Gasteiger partial charge in [0.05, 0.1) is 10.5 Å². The number of benzene rings is 2. The van der Waals surface area contributed by atoms with E-state index in [1.165, 1.54) is 13.0 Å². The summed E-state index contributed by atoms with van der Waals surface area (Å²) in [5, 5.41) is 0. The lowest BCUT2D eigenvalue weighted by Crippen LogP contribution is -2.32. The van der Waals surface area contributed by atoms with Gasteiger partial charge in [-0.1, -0.05) is 6.07 Å². The van der Waals surface area contributed by atoms with Crippen LogP contribution in [0.5, 0.6) is 0 Å². The molecule has 0 aliphatic heterocycles. The number of nitrogens with two attached hydrogens (primary N) is 1. The summed E-state index contributed by atoms with van der Waals surface area (Å²) in [7, 11) is 0. The summed E-state index contributed by atoms with van der Waals surface area (Å²) in [6.45, 7) is 1.42. The van der Waals surface area contributed by atoms with Gasteiger partial charge in [-0.05, 0) is 46.6 Å². The Labute approximate surface area is 127 Å². The number of halogens is 5. The highest BCUT2D eigenvalue weighted by Gasteiger charge is 2.28. The summed E-state index contributed by atoms with van der Waals surface area (Å²) in [6, 6.07) is 2.90. The molecule has 2 aromatic rings. The third-order valence-electron chi connectivity index (χ3n) is 3.14. The molecule has 0 bridgehead atoms. The molecule has 112 valence electrons. The summed E-state index contributed by atoms with van der Waals surface area (Å²) >= 11 is 2.90. The zero-order chi connectivity index (χ0) is 15.7. The van der Waals surface area contributed by atoms with E-state index in [9.17, 15) is 17.6 Å². The van der Waals surface area contributed by atoms with Crippen LogP contribution in [0.2, 0.25) is 0 Å². The van der Waals surface area contributed by atoms with Crippen LogP contribution in [-0.4, -0.2) is 0 Å². The predicted octanol–water partition coefficient (Wildman–Crippen LogP) is 3.87. The summed E-state index contributed by atoms with van der Waals surface area (Å²) in [5.74, 6) is 1.50. The number of nitrogens with one attached hydrogen (secondary N) is 1. The Morgan fingerprint density at radius 1 is 0.952 bits per heavy atom. The van der Waals surface area contributed by atoms with Crippen LogP contribution in [0.25, 0.3) is 0 Å². The maximum atomic E-state index is 14.2. The molecule has 0 aliphatic rings. The fourth-order valence-electron chi connectivity index (χ4n) is 2.06. The topological polar surface area (TPSA) is 38.0 Å². The molecule has 0 fully saturated rings. The van der Waals surface area contributed by atoms with Gasteiger partial charge in [-0.3, -0.25) is 5.84 Å². The van der Waals surface area contributed by atoms with Crippen LogP contribution in [0.3, 0.4) is 0 Å². The molecule has 1 atom stereocenters. The normalized spacial score (nSPS) is 12.5. The van der Waals surface area contributed by atoms with Gasteiger partial charge in [-0.2, -0.15) is 0 Å². The van der Waals surface area contributed by atoms with E-state index in [-0.39, 0.29) is 10.0 Å². The van der Waals surface area contributed by atoms with E-state index >= 15 is 0 Å². The summed E-state index contributed by atoms with van der Waals surface area (Å²) < 4.78 is 56.1. The van der Waals surface area contributed by atoms with Crippen molar-refractivity contribution in [1.82, 2.24) is 5.43 Å². The molecule has 0 amide bonds. The first-order valence-corrected chi connectivity index (χ1v) is 6.71. The molecule has 0 saturated carbocycles. The van der Waals surface area contributed by atoms with Crippen molar-refractivity contribution in [3.8, 4) is 0 Å². The van der Waals surface area contributed by atoms with Gasteiger partial charge >= 0.3 is 0 Å². The monoisotopic (exact) mass is 362 g/mol. The standard InChI is InChI=1S/C14H11BrF4N2/c1-6-2-4-8(16)10(12(6)18)14(21-20)11-9(17)5-3-7(15)13(11)19/h2-5,14,21H,20H2,1H3. The first kappa shape index (κ1) is 15.9. The third-order valence-corrected chi connectivity index (χ3v) is 3.76. The van der Waals surface area contributed by atoms with E-state index in [1.54, 1.807) is 0 Å². The zero-order valence-electron chi connectivity index (χ0n) is 10.9. The van der Waals surface area contributed by atoms with Crippen molar-refractivity contribution in [2.24, 2.45) is 5.84 Å². The van der Waals surface area contributed by atoms with Crippen LogP contribution in [-0.2, 0) is 0 Å². The summed E-state index contributed by atoms with van der Waals surface area (Å²) in [4.78, 5) is 0. The van der Waals surface area contributed by atoms with Crippen molar-refractivity contribution in [2.45, 2.75) is 13.0 Å². The second-order valence-corrected chi connectivity index (χ2v) is 5.30. The lowest BCUT2D eigenvalue weighted by molar-refractivity contribution is 0.469. The average molecular weight is 363 g/mol. The maximum Gasteiger partial charge on any atom is 0.145 e. The van der Waals surface area contributed by atoms with Crippen LogP contribution in [0, 0.1) is 30.2 Å². The first-order chi connectivity index (χ1) is 9.88. The van der Waals surface area contributed by atoms with E-state index in [2.05, 4.69) is 21.4 Å². The fourth-order valence-corrected chi connectivity index (χ4v) is 2.41. The summed E-state index contributed by atoms with van der Waals surface area (Å²) in [5.41, 5.74) is 1.12. The maximum absolute atomic E-state index is 14.2. The number of rotatable bonds is 3. The predicted molar refractivity (Wildman–Crippen MR) is 74.3 cm³/mol. The second-order valence-electron chi connectivity index (χ2n) is 4.45. The van der Waals surface area contributed by atoms with Gasteiger partial charge in [0.2, 0.25) is 0 Å². The Kier molecular flexibility index (Phi) is 4.65. The van der Waals surface area contributed by atoms with Crippen molar-refractivity contribution in [1.29, 1.82) is 0 Å². The van der Waals surface area contributed by atoms with E-state index in [0.29, 0.717) is 0 Å². The Morgan fingerprint density at radius 2 is 1.48 bits per heavy atom. The molecule has 0 aliphatic carbocycles. The largest absolute Gasteiger partial charge is 0.271 e. The third kappa shape index (κ3) is 2.81. The van der Waals surface area contributed by atoms with Gasteiger partial charge < -0.3 is 0 Å². The molecule has 3 N–H and O–H groups in total. The van der Waals surface area contributed by atoms with Crippen molar-refractivity contribution in [2.75, 3.05) is 0 Å². The Balaban J connectivity index is 2.72. The minimum absolute atomic E-state index is 0.0346. The van der Waals surface area contributed by atoms with Crippen LogP contribution in [0.1, 0.15) is 22.7 Å². The molecular weight excluding hydrogens is 352 g/mol. The van der Waals surface area contributed by atoms with Crippen molar-refractivity contribution in [3.05, 3.63) is 68.7 Å². The van der Waals surface area contributed by atoms with Crippen molar-refractivity contribution in [3.63, 3.8) is 0 Å². The lowest BCUT2D eigenvalue weighted by atomic mass is 9.95. The van der Waals surface area contributed by atoms with E-state index < -0.39 is 40.4 Å². The first-order valence-electron chi connectivity index (χ1n) is 5.92. The van der Waals surface area contributed by atoms with E-state index in [1.807, 2.05) is 0 Å². The molecule has 0 spiro atoms. The molecule has 0 aromatic heterocycles. The number of hydrazine groups is 1. The Hall–Kier alpha value is -1.44. The minimum Gasteiger partial charge on any atom is -0.271 e. The van der Waals surface area contributed by atoms with Crippen LogP contribution < -0.4 is 11.3 Å². The smallest absolute Gasteiger partial charge is 0.145 e. The molecule has 0 heterocycles. The molecule has 2 rings (SSSR count). The van der Waals surface area contributed by atoms with Crippen molar-refractivity contribution >= 4 is 15.9 Å². The van der Waals surface area contributed by atoms with Gasteiger partial charge in [0, 0.05) is 11.1 Å². The molecule has 0 saturated heterocycles. The molecule has 7 heteroatoms. The fraction of sp³-hybridized carbons (Fsp3) is 0.143. The highest BCUT2D eigenvalue weighted by molar-refractivity contribution is 9.10. The van der Waals surface area contributed by atoms with Gasteiger partial charge in [0.25, 0.3) is 0 Å². The van der Waals surface area contributed by atoms with Gasteiger partial charge in [-0.25, -0.2) is 23.0 Å². The van der Waals surface area contributed by atoms with E-state index in [0.717, 1.165) is 18.2 Å². The zero-order valence-corrected chi connectivity index (χ0v) is 12.4. The average Bonchev–Trinajstić information content (AvgIpc) is 2.45. The SMILES string of the molecule is Cc1ccc(F)c(C(NN)c2c(F)ccc(Br)c2F)c1F. The number of hydrogen-bond acceptors (Lipinski definition) is 2. The van der Waals surface area contributed by atoms with E-state index in [4.69, 9.17) is 5.84 Å². The van der Waals surface area contributed by atoms with Crippen LogP contribution in [0.4, 0.5) is 17.6 Å². The highest BCUT2D eigenvalue weighted by Crippen LogP contribution is 2.33. The molecule has 1 unspecified atom stereocenters. The lowest BCUT2D eigenvalue weighted by Gasteiger charge is -2.20. The van der Waals surface area contributed by atoms with Crippen LogP contribution >= 0.6 is 15.9 Å². The highest BCUT2D eigenvalue weighted by atomic mass is 79.9. The van der Waals surface area contributed by atoms with Gasteiger partial charge in [0.1, 0.15) is 23.3 Å². The molecule has 2 aromatic carbocycles. The molecular formula is C14H11BrF4N2. The Morgan fingerprint density at radius 3 is 2.05 bits per heavy atom. The van der Waals surface area contributed by atoms with Crippen molar-refractivity contribution < 1.29 is 17.6 Å². The number of hydrogen-bond donors (Lipinski definition) is 2. The minimum atomic E-state index is -1.50. The molecule has 21 heavy (non-hydrogen) atoms. The second kappa shape index (κ2) is 6.13. The van der Waals surface area contributed by atoms with Gasteiger partial charge in [-0.15, -0.1) is 0 Å². The molecule has 2 nitrogen and oxygen atoms in total. The van der Waals surface area contributed by atoms with Crippen LogP contribution in [0.15, 0.2) is 28.7 Å². The summed E-state index contributed by atoms with van der Waals surface area (Å²) in [6.07, 6.45) is 0. The quantitative estimate of drug-likeness (QED) is 0.376. The number of aryl methyl sites for hydroxylation is 1. The Bertz CT molecular complexity index is 634. The molecule has 0 radical (unpaired) electrons.